The predicted molar refractivity (Wildman–Crippen MR) is 119 cm³/mol. The normalized spacial score (nSPS) is 16.5. The lowest BCUT2D eigenvalue weighted by atomic mass is 9.98. The van der Waals surface area contributed by atoms with Crippen LogP contribution in [0.3, 0.4) is 0 Å². The molecule has 1 atom stereocenters. The fourth-order valence-corrected chi connectivity index (χ4v) is 4.07. The number of benzene rings is 2. The van der Waals surface area contributed by atoms with Crippen LogP contribution in [-0.2, 0) is 6.54 Å². The average molecular weight is 415 g/mol. The van der Waals surface area contributed by atoms with Gasteiger partial charge in [0.15, 0.2) is 0 Å². The maximum atomic E-state index is 13.4. The van der Waals surface area contributed by atoms with Crippen molar-refractivity contribution in [2.75, 3.05) is 32.8 Å². The van der Waals surface area contributed by atoms with Crippen LogP contribution >= 0.6 is 0 Å². The van der Waals surface area contributed by atoms with Gasteiger partial charge in [-0.15, -0.1) is 0 Å². The van der Waals surface area contributed by atoms with E-state index in [0.717, 1.165) is 42.2 Å². The van der Waals surface area contributed by atoms with Crippen LogP contribution in [0.2, 0.25) is 0 Å². The first-order valence-corrected chi connectivity index (χ1v) is 11.2. The smallest absolute Gasteiger partial charge is 0.123 e. The summed E-state index contributed by atoms with van der Waals surface area (Å²) in [5.41, 5.74) is 2.17. The topological polar surface area (TPSA) is 44.7 Å². The molecule has 0 spiro atoms. The van der Waals surface area contributed by atoms with Crippen LogP contribution in [0.4, 0.5) is 4.39 Å². The summed E-state index contributed by atoms with van der Waals surface area (Å²) in [6, 6.07) is 14.9. The Bertz CT molecular complexity index is 745. The lowest BCUT2D eigenvalue weighted by molar-refractivity contribution is 0.187. The Labute approximate surface area is 180 Å². The minimum Gasteiger partial charge on any atom is -0.491 e. The van der Waals surface area contributed by atoms with Gasteiger partial charge in [0, 0.05) is 18.2 Å². The van der Waals surface area contributed by atoms with E-state index in [9.17, 15) is 4.39 Å². The SMILES string of the molecule is CC1CCN(CCCC(NCc2ccccc2OCCO)c2ccc(F)cc2)CC1. The van der Waals surface area contributed by atoms with Gasteiger partial charge in [0.05, 0.1) is 6.61 Å². The summed E-state index contributed by atoms with van der Waals surface area (Å²) in [5.74, 6) is 1.44. The van der Waals surface area contributed by atoms with E-state index in [0.29, 0.717) is 6.54 Å². The molecule has 1 fully saturated rings. The number of nitrogens with one attached hydrogen (secondary N) is 1. The number of aliphatic hydroxyl groups excluding tert-OH is 1. The lowest BCUT2D eigenvalue weighted by Crippen LogP contribution is -2.34. The highest BCUT2D eigenvalue weighted by atomic mass is 19.1. The predicted octanol–water partition coefficient (Wildman–Crippen LogP) is 4.54. The van der Waals surface area contributed by atoms with Crippen molar-refractivity contribution in [3.63, 3.8) is 0 Å². The van der Waals surface area contributed by atoms with E-state index in [-0.39, 0.29) is 25.1 Å². The van der Waals surface area contributed by atoms with E-state index in [1.165, 1.54) is 38.1 Å². The first kappa shape index (κ1) is 22.7. The molecule has 2 N–H and O–H groups in total. The van der Waals surface area contributed by atoms with Crippen molar-refractivity contribution < 1.29 is 14.2 Å². The average Bonchev–Trinajstić information content (AvgIpc) is 2.77. The molecule has 30 heavy (non-hydrogen) atoms. The standard InChI is InChI=1S/C25H35FN2O2/c1-20-12-15-28(16-13-20)14-4-6-24(21-8-10-23(26)11-9-21)27-19-22-5-2-3-7-25(22)30-18-17-29/h2-3,5,7-11,20,24,27,29H,4,6,12-19H2,1H3. The number of halogens is 1. The third-order valence-electron chi connectivity index (χ3n) is 5.98. The molecule has 164 valence electrons. The van der Waals surface area contributed by atoms with Gasteiger partial charge in [-0.3, -0.25) is 0 Å². The summed E-state index contributed by atoms with van der Waals surface area (Å²) >= 11 is 0. The Morgan fingerprint density at radius 1 is 1.13 bits per heavy atom. The molecule has 1 saturated heterocycles. The van der Waals surface area contributed by atoms with Gasteiger partial charge in [0.25, 0.3) is 0 Å². The molecule has 0 radical (unpaired) electrons. The van der Waals surface area contributed by atoms with Crippen molar-refractivity contribution in [2.24, 2.45) is 5.92 Å². The van der Waals surface area contributed by atoms with Crippen LogP contribution in [-0.4, -0.2) is 42.9 Å². The monoisotopic (exact) mass is 414 g/mol. The van der Waals surface area contributed by atoms with Crippen LogP contribution < -0.4 is 10.1 Å². The second-order valence-corrected chi connectivity index (χ2v) is 8.33. The van der Waals surface area contributed by atoms with E-state index in [2.05, 4.69) is 17.1 Å². The number of piperidine rings is 1. The maximum absolute atomic E-state index is 13.4. The highest BCUT2D eigenvalue weighted by Crippen LogP contribution is 2.24. The molecule has 2 aromatic rings. The molecule has 0 amide bonds. The second kappa shape index (κ2) is 12.0. The summed E-state index contributed by atoms with van der Waals surface area (Å²) in [6.45, 7) is 6.79. The first-order valence-electron chi connectivity index (χ1n) is 11.2. The number of aliphatic hydroxyl groups is 1. The number of rotatable bonds is 11. The van der Waals surface area contributed by atoms with E-state index in [1.54, 1.807) is 0 Å². The van der Waals surface area contributed by atoms with Crippen molar-refractivity contribution in [1.29, 1.82) is 0 Å². The van der Waals surface area contributed by atoms with E-state index in [1.807, 2.05) is 36.4 Å². The molecule has 2 aromatic carbocycles. The number of hydrogen-bond acceptors (Lipinski definition) is 4. The summed E-state index contributed by atoms with van der Waals surface area (Å²) in [6.07, 6.45) is 4.69. The van der Waals surface area contributed by atoms with Crippen molar-refractivity contribution in [2.45, 2.75) is 45.2 Å². The highest BCUT2D eigenvalue weighted by molar-refractivity contribution is 5.33. The fraction of sp³-hybridized carbons (Fsp3) is 0.520. The van der Waals surface area contributed by atoms with E-state index in [4.69, 9.17) is 9.84 Å². The van der Waals surface area contributed by atoms with Crippen molar-refractivity contribution in [3.05, 3.63) is 65.5 Å². The first-order chi connectivity index (χ1) is 14.7. The molecule has 1 aliphatic rings. The largest absolute Gasteiger partial charge is 0.491 e. The fourth-order valence-electron chi connectivity index (χ4n) is 4.07. The molecule has 1 heterocycles. The highest BCUT2D eigenvalue weighted by Gasteiger charge is 2.17. The lowest BCUT2D eigenvalue weighted by Gasteiger charge is -2.30. The van der Waals surface area contributed by atoms with Gasteiger partial charge in [0.2, 0.25) is 0 Å². The van der Waals surface area contributed by atoms with Gasteiger partial charge in [-0.1, -0.05) is 37.3 Å². The Hall–Kier alpha value is -1.95. The molecule has 1 aliphatic heterocycles. The summed E-state index contributed by atoms with van der Waals surface area (Å²) < 4.78 is 19.1. The maximum Gasteiger partial charge on any atom is 0.123 e. The number of hydrogen-bond donors (Lipinski definition) is 2. The molecule has 0 bridgehead atoms. The van der Waals surface area contributed by atoms with Crippen LogP contribution in [0, 0.1) is 11.7 Å². The van der Waals surface area contributed by atoms with Crippen molar-refractivity contribution >= 4 is 0 Å². The zero-order valence-corrected chi connectivity index (χ0v) is 18.0. The zero-order chi connectivity index (χ0) is 21.2. The second-order valence-electron chi connectivity index (χ2n) is 8.33. The zero-order valence-electron chi connectivity index (χ0n) is 18.0. The Kier molecular flexibility index (Phi) is 9.12. The third kappa shape index (κ3) is 7.08. The van der Waals surface area contributed by atoms with Gasteiger partial charge in [0.1, 0.15) is 18.2 Å². The molecule has 3 rings (SSSR count). The van der Waals surface area contributed by atoms with Crippen LogP contribution in [0.1, 0.15) is 49.8 Å². The Morgan fingerprint density at radius 2 is 1.87 bits per heavy atom. The Morgan fingerprint density at radius 3 is 2.60 bits per heavy atom. The summed E-state index contributed by atoms with van der Waals surface area (Å²) in [7, 11) is 0. The van der Waals surface area contributed by atoms with Crippen LogP contribution in [0.25, 0.3) is 0 Å². The molecule has 1 unspecified atom stereocenters. The van der Waals surface area contributed by atoms with Gasteiger partial charge in [-0.25, -0.2) is 4.39 Å². The number of likely N-dealkylation sites (tertiary alicyclic amines) is 1. The quantitative estimate of drug-likeness (QED) is 0.567. The van der Waals surface area contributed by atoms with Crippen molar-refractivity contribution in [3.8, 4) is 5.75 Å². The van der Waals surface area contributed by atoms with Gasteiger partial charge < -0.3 is 20.1 Å². The van der Waals surface area contributed by atoms with E-state index < -0.39 is 0 Å². The van der Waals surface area contributed by atoms with Gasteiger partial charge in [-0.2, -0.15) is 0 Å². The number of nitrogens with zero attached hydrogens (tertiary/aromatic N) is 1. The minimum atomic E-state index is -0.206. The van der Waals surface area contributed by atoms with Gasteiger partial charge >= 0.3 is 0 Å². The molecular formula is C25H35FN2O2. The van der Waals surface area contributed by atoms with E-state index >= 15 is 0 Å². The van der Waals surface area contributed by atoms with Gasteiger partial charge in [-0.05, 0) is 75.0 Å². The van der Waals surface area contributed by atoms with Crippen molar-refractivity contribution in [1.82, 2.24) is 10.2 Å². The molecule has 4 nitrogen and oxygen atoms in total. The summed E-state index contributed by atoms with van der Waals surface area (Å²) in [4.78, 5) is 2.57. The number of para-hydroxylation sites is 1. The summed E-state index contributed by atoms with van der Waals surface area (Å²) in [5, 5.41) is 12.7. The van der Waals surface area contributed by atoms with Crippen LogP contribution in [0.15, 0.2) is 48.5 Å². The molecule has 5 heteroatoms. The molecular weight excluding hydrogens is 379 g/mol. The Balaban J connectivity index is 1.59. The minimum absolute atomic E-state index is 0.00472. The molecule has 0 aromatic heterocycles. The molecule has 0 aliphatic carbocycles. The van der Waals surface area contributed by atoms with Crippen LogP contribution in [0.5, 0.6) is 5.75 Å². The third-order valence-corrected chi connectivity index (χ3v) is 5.98. The molecule has 0 saturated carbocycles. The number of ether oxygens (including phenoxy) is 1.